The quantitative estimate of drug-likeness (QED) is 0.0320. The molecule has 0 spiro atoms. The van der Waals surface area contributed by atoms with Crippen LogP contribution in [0, 0.1) is 0 Å². The second kappa shape index (κ2) is 62.9. The van der Waals surface area contributed by atoms with Gasteiger partial charge in [0.2, 0.25) is 5.91 Å². The van der Waals surface area contributed by atoms with Gasteiger partial charge in [0, 0.05) is 12.8 Å². The summed E-state index contributed by atoms with van der Waals surface area (Å²) in [5.41, 5.74) is 0. The van der Waals surface area contributed by atoms with Gasteiger partial charge in [-0.05, 0) is 57.8 Å². The molecule has 73 heavy (non-hydrogen) atoms. The first kappa shape index (κ1) is 71.3. The van der Waals surface area contributed by atoms with Gasteiger partial charge in [-0.25, -0.2) is 0 Å². The first-order valence-electron chi connectivity index (χ1n) is 33.1. The predicted molar refractivity (Wildman–Crippen MR) is 320 cm³/mol. The molecule has 0 rings (SSSR count). The molecule has 6 heteroatoms. The summed E-state index contributed by atoms with van der Waals surface area (Å²) in [5, 5.41) is 23.4. The van der Waals surface area contributed by atoms with Crippen molar-refractivity contribution in [2.24, 2.45) is 0 Å². The summed E-state index contributed by atoms with van der Waals surface area (Å²) in [6.07, 6.45) is 77.7. The summed E-state index contributed by atoms with van der Waals surface area (Å²) in [5.74, 6) is -0.0268. The molecule has 1 amide bonds. The van der Waals surface area contributed by atoms with Crippen LogP contribution in [0.25, 0.3) is 0 Å². The van der Waals surface area contributed by atoms with Gasteiger partial charge >= 0.3 is 5.97 Å². The average molecular weight is 1030 g/mol. The smallest absolute Gasteiger partial charge is 0.305 e. The molecule has 0 saturated heterocycles. The van der Waals surface area contributed by atoms with Gasteiger partial charge < -0.3 is 20.3 Å². The fourth-order valence-corrected chi connectivity index (χ4v) is 10.4. The largest absolute Gasteiger partial charge is 0.466 e. The van der Waals surface area contributed by atoms with E-state index in [0.29, 0.717) is 25.9 Å². The number of hydrogen-bond acceptors (Lipinski definition) is 5. The van der Waals surface area contributed by atoms with E-state index >= 15 is 0 Å². The number of carbonyl (C=O) groups excluding carboxylic acids is 2. The summed E-state index contributed by atoms with van der Waals surface area (Å²) in [6.45, 7) is 4.98. The fraction of sp³-hybridized carbons (Fsp3) is 0.910. The van der Waals surface area contributed by atoms with E-state index in [1.165, 1.54) is 289 Å². The Hall–Kier alpha value is -1.66. The molecule has 0 heterocycles. The number of ether oxygens (including phenoxy) is 1. The van der Waals surface area contributed by atoms with Crippen molar-refractivity contribution in [2.45, 2.75) is 379 Å². The lowest BCUT2D eigenvalue weighted by Gasteiger charge is -2.22. The van der Waals surface area contributed by atoms with E-state index in [1.54, 1.807) is 0 Å². The predicted octanol–water partition coefficient (Wildman–Crippen LogP) is 21.0. The molecule has 0 aliphatic rings. The van der Waals surface area contributed by atoms with Crippen LogP contribution in [0.5, 0.6) is 0 Å². The van der Waals surface area contributed by atoms with Crippen LogP contribution in [0.1, 0.15) is 367 Å². The van der Waals surface area contributed by atoms with E-state index in [1.807, 2.05) is 0 Å². The minimum atomic E-state index is -0.669. The maximum atomic E-state index is 12.5. The molecular weight excluding hydrogens is 899 g/mol. The van der Waals surface area contributed by atoms with E-state index in [2.05, 4.69) is 43.5 Å². The molecule has 2 unspecified atom stereocenters. The molecule has 6 nitrogen and oxygen atoms in total. The highest BCUT2D eigenvalue weighted by Gasteiger charge is 2.20. The average Bonchev–Trinajstić information content (AvgIpc) is 3.39. The Kier molecular flexibility index (Phi) is 61.4. The van der Waals surface area contributed by atoms with E-state index in [9.17, 15) is 19.8 Å². The van der Waals surface area contributed by atoms with Gasteiger partial charge in [0.1, 0.15) is 0 Å². The van der Waals surface area contributed by atoms with Crippen molar-refractivity contribution in [1.29, 1.82) is 0 Å². The van der Waals surface area contributed by atoms with Crippen LogP contribution < -0.4 is 5.32 Å². The first-order valence-corrected chi connectivity index (χ1v) is 33.1. The number of allylic oxidation sites excluding steroid dienone is 4. The number of amides is 1. The molecule has 0 aliphatic carbocycles. The zero-order chi connectivity index (χ0) is 52.9. The number of esters is 1. The first-order chi connectivity index (χ1) is 36.0. The van der Waals surface area contributed by atoms with Crippen LogP contribution in [0.4, 0.5) is 0 Å². The molecule has 0 aromatic carbocycles. The van der Waals surface area contributed by atoms with Crippen molar-refractivity contribution in [3.63, 3.8) is 0 Å². The fourth-order valence-electron chi connectivity index (χ4n) is 10.4. The number of aliphatic hydroxyl groups excluding tert-OH is 2. The van der Waals surface area contributed by atoms with Crippen LogP contribution in [0.2, 0.25) is 0 Å². The summed E-state index contributed by atoms with van der Waals surface area (Å²) in [7, 11) is 0. The molecular formula is C67H129NO5. The Bertz CT molecular complexity index is 1140. The van der Waals surface area contributed by atoms with E-state index in [0.717, 1.165) is 44.9 Å². The molecule has 0 aliphatic heterocycles. The number of rotatable bonds is 62. The van der Waals surface area contributed by atoms with Crippen molar-refractivity contribution in [1.82, 2.24) is 5.32 Å². The van der Waals surface area contributed by atoms with Crippen molar-refractivity contribution in [3.05, 3.63) is 24.3 Å². The van der Waals surface area contributed by atoms with Crippen molar-refractivity contribution in [3.8, 4) is 0 Å². The van der Waals surface area contributed by atoms with Gasteiger partial charge in [0.05, 0.1) is 25.4 Å². The molecule has 0 aromatic rings. The molecule has 0 radical (unpaired) electrons. The topological polar surface area (TPSA) is 95.9 Å². The van der Waals surface area contributed by atoms with Gasteiger partial charge in [0.15, 0.2) is 0 Å². The third-order valence-electron chi connectivity index (χ3n) is 15.5. The van der Waals surface area contributed by atoms with Crippen LogP contribution in [-0.2, 0) is 14.3 Å². The molecule has 0 fully saturated rings. The normalized spacial score (nSPS) is 12.7. The minimum absolute atomic E-state index is 0.0111. The zero-order valence-corrected chi connectivity index (χ0v) is 49.4. The van der Waals surface area contributed by atoms with E-state index in [4.69, 9.17) is 4.74 Å². The van der Waals surface area contributed by atoms with Gasteiger partial charge in [-0.15, -0.1) is 0 Å². The lowest BCUT2D eigenvalue weighted by molar-refractivity contribution is -0.143. The second-order valence-corrected chi connectivity index (χ2v) is 22.8. The van der Waals surface area contributed by atoms with Crippen molar-refractivity contribution in [2.75, 3.05) is 13.2 Å². The summed E-state index contributed by atoms with van der Waals surface area (Å²) in [6, 6.07) is -0.546. The number of nitrogens with one attached hydrogen (secondary N) is 1. The number of aliphatic hydroxyl groups is 2. The Labute approximate surface area is 456 Å². The second-order valence-electron chi connectivity index (χ2n) is 22.8. The highest BCUT2D eigenvalue weighted by Crippen LogP contribution is 2.18. The summed E-state index contributed by atoms with van der Waals surface area (Å²) >= 11 is 0. The highest BCUT2D eigenvalue weighted by molar-refractivity contribution is 5.76. The van der Waals surface area contributed by atoms with Crippen LogP contribution >= 0.6 is 0 Å². The molecule has 0 bridgehead atoms. The number of carbonyl (C=O) groups is 2. The van der Waals surface area contributed by atoms with E-state index in [-0.39, 0.29) is 18.5 Å². The summed E-state index contributed by atoms with van der Waals surface area (Å²) < 4.78 is 5.48. The molecule has 3 N–H and O–H groups in total. The van der Waals surface area contributed by atoms with Crippen molar-refractivity contribution < 1.29 is 24.5 Å². The Morgan fingerprint density at radius 1 is 0.384 bits per heavy atom. The van der Waals surface area contributed by atoms with E-state index < -0.39 is 12.1 Å². The maximum Gasteiger partial charge on any atom is 0.305 e. The Morgan fingerprint density at radius 3 is 1.04 bits per heavy atom. The third kappa shape index (κ3) is 59.4. The Morgan fingerprint density at radius 2 is 0.685 bits per heavy atom. The van der Waals surface area contributed by atoms with Crippen LogP contribution in [-0.4, -0.2) is 47.4 Å². The number of unbranched alkanes of at least 4 members (excludes halogenated alkanes) is 47. The molecule has 0 aromatic heterocycles. The number of hydrogen-bond donors (Lipinski definition) is 3. The SMILES string of the molecule is CCCCCCCCCCCCCCCCCCCCC(O)C(CO)NC(=O)CCCCCCCCCCC/C=C\C/C=C\CCCCCCCCCCCOC(=O)CCCCCCCCCCCCCCC. The van der Waals surface area contributed by atoms with Gasteiger partial charge in [-0.2, -0.15) is 0 Å². The van der Waals surface area contributed by atoms with Gasteiger partial charge in [-0.3, -0.25) is 9.59 Å². The summed E-state index contributed by atoms with van der Waals surface area (Å²) in [4.78, 5) is 24.6. The third-order valence-corrected chi connectivity index (χ3v) is 15.5. The van der Waals surface area contributed by atoms with Crippen molar-refractivity contribution >= 4 is 11.9 Å². The highest BCUT2D eigenvalue weighted by atomic mass is 16.5. The van der Waals surface area contributed by atoms with Crippen LogP contribution in [0.15, 0.2) is 24.3 Å². The standard InChI is InChI=1S/C67H129NO5/c1-3-5-7-9-11-13-15-17-18-19-29-32-36-39-43-47-51-55-59-65(70)64(63-69)68-66(71)60-56-52-48-44-40-37-33-30-27-25-23-21-20-22-24-26-28-31-34-38-42-46-50-54-58-62-73-67(72)61-57-53-49-45-41-35-16-14-12-10-8-6-4-2/h21-24,64-65,69-70H,3-20,25-63H2,1-2H3,(H,68,71)/b23-21-,24-22-. The monoisotopic (exact) mass is 1030 g/mol. The van der Waals surface area contributed by atoms with Crippen LogP contribution in [0.3, 0.4) is 0 Å². The molecule has 432 valence electrons. The molecule has 2 atom stereocenters. The maximum absolute atomic E-state index is 12.5. The zero-order valence-electron chi connectivity index (χ0n) is 49.4. The Balaban J connectivity index is 3.43. The minimum Gasteiger partial charge on any atom is -0.466 e. The lowest BCUT2D eigenvalue weighted by Crippen LogP contribution is -2.45. The molecule has 0 saturated carbocycles. The van der Waals surface area contributed by atoms with Gasteiger partial charge in [-0.1, -0.05) is 321 Å². The van der Waals surface area contributed by atoms with Gasteiger partial charge in [0.25, 0.3) is 0 Å². The lowest BCUT2D eigenvalue weighted by atomic mass is 10.0.